The molecule has 3 aliphatic rings. The first kappa shape index (κ1) is 24.3. The van der Waals surface area contributed by atoms with E-state index in [0.29, 0.717) is 11.8 Å². The smallest absolute Gasteiger partial charge is 0.217 e. The fourth-order valence-electron chi connectivity index (χ4n) is 6.95. The molecule has 0 unspecified atom stereocenters. The highest BCUT2D eigenvalue weighted by atomic mass is 16.1. The molecule has 31 heavy (non-hydrogen) atoms. The van der Waals surface area contributed by atoms with Gasteiger partial charge in [0.15, 0.2) is 0 Å². The van der Waals surface area contributed by atoms with Crippen molar-refractivity contribution in [1.82, 2.24) is 0 Å². The number of carbonyl (C=O) groups is 1. The summed E-state index contributed by atoms with van der Waals surface area (Å²) < 4.78 is 0. The molecular formula is C29H47NO. The van der Waals surface area contributed by atoms with Crippen LogP contribution >= 0.6 is 0 Å². The van der Waals surface area contributed by atoms with Crippen LogP contribution in [0.25, 0.3) is 0 Å². The standard InChI is InChI=1S/C18H24.C11H23NO/c1-18-11-4-7-17(18)16-9-8-13-5-2-3-6-14(13)15(16)10-12-18;1-2-3-4-5-6-7-8-9-10-11(12)13/h2-3,5-6,15-17H,4,7-12H2,1H3;2-10H2,1H3,(H2,12,13)/t15-,16-,17+,18+;/m1./s1. The van der Waals surface area contributed by atoms with Crippen molar-refractivity contribution in [3.05, 3.63) is 35.4 Å². The van der Waals surface area contributed by atoms with E-state index >= 15 is 0 Å². The molecule has 1 aromatic carbocycles. The van der Waals surface area contributed by atoms with Crippen molar-refractivity contribution in [2.24, 2.45) is 23.0 Å². The molecule has 0 saturated heterocycles. The van der Waals surface area contributed by atoms with Crippen LogP contribution < -0.4 is 5.73 Å². The fraction of sp³-hybridized carbons (Fsp3) is 0.759. The van der Waals surface area contributed by atoms with E-state index in [0.717, 1.165) is 30.6 Å². The first-order valence-electron chi connectivity index (χ1n) is 13.4. The van der Waals surface area contributed by atoms with Crippen LogP contribution in [0.2, 0.25) is 0 Å². The number of hydrogen-bond donors (Lipinski definition) is 1. The molecule has 0 heterocycles. The van der Waals surface area contributed by atoms with Gasteiger partial charge in [-0.1, -0.05) is 89.5 Å². The third-order valence-corrected chi connectivity index (χ3v) is 8.70. The maximum Gasteiger partial charge on any atom is 0.217 e. The third-order valence-electron chi connectivity index (χ3n) is 8.70. The second kappa shape index (κ2) is 12.1. The Morgan fingerprint density at radius 1 is 0.968 bits per heavy atom. The molecule has 2 N–H and O–H groups in total. The van der Waals surface area contributed by atoms with Crippen LogP contribution in [-0.2, 0) is 11.2 Å². The number of unbranched alkanes of at least 4 members (excludes halogenated alkanes) is 7. The lowest BCUT2D eigenvalue weighted by Crippen LogP contribution is -2.39. The van der Waals surface area contributed by atoms with Gasteiger partial charge >= 0.3 is 0 Å². The van der Waals surface area contributed by atoms with Crippen molar-refractivity contribution in [2.75, 3.05) is 0 Å². The van der Waals surface area contributed by atoms with E-state index in [1.54, 1.807) is 11.1 Å². The molecule has 0 bridgehead atoms. The predicted molar refractivity (Wildman–Crippen MR) is 132 cm³/mol. The second-order valence-corrected chi connectivity index (χ2v) is 10.9. The number of aryl methyl sites for hydroxylation is 1. The zero-order chi connectivity index (χ0) is 22.1. The Kier molecular flexibility index (Phi) is 9.48. The Bertz CT molecular complexity index is 683. The van der Waals surface area contributed by atoms with Crippen LogP contribution in [0.4, 0.5) is 0 Å². The van der Waals surface area contributed by atoms with Gasteiger partial charge in [-0.2, -0.15) is 0 Å². The van der Waals surface area contributed by atoms with E-state index in [1.165, 1.54) is 83.5 Å². The molecule has 0 aromatic heterocycles. The quantitative estimate of drug-likeness (QED) is 0.401. The lowest BCUT2D eigenvalue weighted by atomic mass is 9.56. The van der Waals surface area contributed by atoms with Crippen LogP contribution in [0.5, 0.6) is 0 Å². The maximum absolute atomic E-state index is 10.4. The minimum absolute atomic E-state index is 0.161. The van der Waals surface area contributed by atoms with Crippen molar-refractivity contribution in [3.8, 4) is 0 Å². The topological polar surface area (TPSA) is 43.1 Å². The van der Waals surface area contributed by atoms with Crippen LogP contribution in [0.1, 0.15) is 127 Å². The highest BCUT2D eigenvalue weighted by molar-refractivity contribution is 5.73. The van der Waals surface area contributed by atoms with Crippen molar-refractivity contribution < 1.29 is 4.79 Å². The van der Waals surface area contributed by atoms with Gasteiger partial charge in [0.2, 0.25) is 5.91 Å². The SMILES string of the molecule is CCCCCCCCCCC(N)=O.C[C@@]12CCC[C@H]1[C@@H]1CCc3ccccc3[C@H]1CC2. The molecule has 4 rings (SSSR count). The number of hydrogen-bond acceptors (Lipinski definition) is 1. The van der Waals surface area contributed by atoms with Gasteiger partial charge in [0, 0.05) is 6.42 Å². The van der Waals surface area contributed by atoms with Crippen molar-refractivity contribution in [1.29, 1.82) is 0 Å². The van der Waals surface area contributed by atoms with E-state index in [-0.39, 0.29) is 5.91 Å². The molecule has 2 nitrogen and oxygen atoms in total. The van der Waals surface area contributed by atoms with Gasteiger partial charge < -0.3 is 5.73 Å². The van der Waals surface area contributed by atoms with Gasteiger partial charge in [0.05, 0.1) is 0 Å². The molecule has 1 amide bonds. The summed E-state index contributed by atoms with van der Waals surface area (Å²) in [4.78, 5) is 10.4. The summed E-state index contributed by atoms with van der Waals surface area (Å²) in [5, 5.41) is 0. The van der Waals surface area contributed by atoms with Gasteiger partial charge in [-0.3, -0.25) is 4.79 Å². The van der Waals surface area contributed by atoms with Gasteiger partial charge in [-0.25, -0.2) is 0 Å². The van der Waals surface area contributed by atoms with Crippen LogP contribution in [0.3, 0.4) is 0 Å². The summed E-state index contributed by atoms with van der Waals surface area (Å²) in [6.07, 6.45) is 20.9. The van der Waals surface area contributed by atoms with Gasteiger partial charge in [-0.15, -0.1) is 0 Å². The molecule has 1 aromatic rings. The number of nitrogens with two attached hydrogens (primary N) is 1. The highest BCUT2D eigenvalue weighted by Crippen LogP contribution is 2.60. The normalized spacial score (nSPS) is 28.6. The van der Waals surface area contributed by atoms with E-state index in [9.17, 15) is 4.79 Å². The lowest BCUT2D eigenvalue weighted by Gasteiger charge is -2.49. The summed E-state index contributed by atoms with van der Waals surface area (Å²) in [5.41, 5.74) is 9.10. The molecule has 2 heteroatoms. The average molecular weight is 426 g/mol. The molecule has 4 atom stereocenters. The summed E-state index contributed by atoms with van der Waals surface area (Å²) in [6, 6.07) is 9.27. The average Bonchev–Trinajstić information content (AvgIpc) is 3.17. The van der Waals surface area contributed by atoms with E-state index in [1.807, 2.05) is 0 Å². The van der Waals surface area contributed by atoms with Crippen LogP contribution in [0.15, 0.2) is 24.3 Å². The predicted octanol–water partition coefficient (Wildman–Crippen LogP) is 7.94. The van der Waals surface area contributed by atoms with E-state index < -0.39 is 0 Å². The van der Waals surface area contributed by atoms with E-state index in [4.69, 9.17) is 5.73 Å². The van der Waals surface area contributed by atoms with Gasteiger partial charge in [-0.05, 0) is 79.2 Å². The van der Waals surface area contributed by atoms with E-state index in [2.05, 4.69) is 38.1 Å². The summed E-state index contributed by atoms with van der Waals surface area (Å²) in [7, 11) is 0. The molecule has 0 aliphatic heterocycles. The molecule has 174 valence electrons. The Morgan fingerprint density at radius 3 is 2.42 bits per heavy atom. The van der Waals surface area contributed by atoms with Crippen LogP contribution in [0, 0.1) is 17.3 Å². The monoisotopic (exact) mass is 425 g/mol. The zero-order valence-electron chi connectivity index (χ0n) is 20.3. The molecule has 3 aliphatic carbocycles. The summed E-state index contributed by atoms with van der Waals surface area (Å²) >= 11 is 0. The molecule has 0 radical (unpaired) electrons. The maximum atomic E-state index is 10.4. The number of benzene rings is 1. The van der Waals surface area contributed by atoms with Gasteiger partial charge in [0.1, 0.15) is 0 Å². The highest BCUT2D eigenvalue weighted by Gasteiger charge is 2.49. The molecular weight excluding hydrogens is 378 g/mol. The first-order valence-corrected chi connectivity index (χ1v) is 13.4. The Labute approximate surface area is 191 Å². The second-order valence-electron chi connectivity index (χ2n) is 10.9. The Balaban J connectivity index is 0.000000188. The summed E-state index contributed by atoms with van der Waals surface area (Å²) in [5.74, 6) is 2.77. The van der Waals surface area contributed by atoms with Crippen molar-refractivity contribution in [2.45, 2.75) is 122 Å². The number of amides is 1. The first-order chi connectivity index (χ1) is 15.0. The minimum Gasteiger partial charge on any atom is -0.370 e. The largest absolute Gasteiger partial charge is 0.370 e. The number of primary amides is 1. The van der Waals surface area contributed by atoms with Gasteiger partial charge in [0.25, 0.3) is 0 Å². The molecule has 0 spiro atoms. The summed E-state index contributed by atoms with van der Waals surface area (Å²) in [6.45, 7) is 4.81. The van der Waals surface area contributed by atoms with Crippen LogP contribution in [-0.4, -0.2) is 5.91 Å². The fourth-order valence-corrected chi connectivity index (χ4v) is 6.95. The zero-order valence-corrected chi connectivity index (χ0v) is 20.3. The molecule has 2 saturated carbocycles. The Hall–Kier alpha value is -1.31. The number of rotatable bonds is 9. The number of carbonyl (C=O) groups excluding carboxylic acids is 1. The lowest BCUT2D eigenvalue weighted by molar-refractivity contribution is -0.118. The minimum atomic E-state index is -0.161. The van der Waals surface area contributed by atoms with Crippen molar-refractivity contribution in [3.63, 3.8) is 0 Å². The third kappa shape index (κ3) is 6.59. The van der Waals surface area contributed by atoms with Crippen molar-refractivity contribution >= 4 is 5.91 Å². The number of fused-ring (bicyclic) bond motifs is 5. The Morgan fingerprint density at radius 2 is 1.68 bits per heavy atom. The molecule has 2 fully saturated rings.